The lowest BCUT2D eigenvalue weighted by atomic mass is 10.1. The highest BCUT2D eigenvalue weighted by Crippen LogP contribution is 2.19. The van der Waals surface area contributed by atoms with Gasteiger partial charge in [0.15, 0.2) is 0 Å². The molecule has 0 saturated carbocycles. The molecule has 1 aromatic carbocycles. The molecule has 1 aromatic heterocycles. The van der Waals surface area contributed by atoms with Crippen LogP contribution in [0.2, 0.25) is 0 Å². The molecule has 0 aliphatic carbocycles. The van der Waals surface area contributed by atoms with Gasteiger partial charge in [-0.1, -0.05) is 26.0 Å². The number of aromatic nitrogens is 2. The van der Waals surface area contributed by atoms with Crippen molar-refractivity contribution in [1.82, 2.24) is 9.55 Å². The Labute approximate surface area is 102 Å². The SMILES string of the molecule is CCc1cccc(-n2cncc2[C@H](N)CC)c1. The third kappa shape index (κ3) is 2.39. The lowest BCUT2D eigenvalue weighted by Crippen LogP contribution is -2.13. The number of hydrogen-bond donors (Lipinski definition) is 1. The average molecular weight is 229 g/mol. The molecule has 90 valence electrons. The maximum Gasteiger partial charge on any atom is 0.0994 e. The van der Waals surface area contributed by atoms with Crippen LogP contribution >= 0.6 is 0 Å². The highest BCUT2D eigenvalue weighted by Gasteiger charge is 2.10. The maximum absolute atomic E-state index is 6.09. The quantitative estimate of drug-likeness (QED) is 0.876. The monoisotopic (exact) mass is 229 g/mol. The van der Waals surface area contributed by atoms with E-state index in [-0.39, 0.29) is 6.04 Å². The fraction of sp³-hybridized carbons (Fsp3) is 0.357. The third-order valence-electron chi connectivity index (χ3n) is 3.08. The smallest absolute Gasteiger partial charge is 0.0994 e. The van der Waals surface area contributed by atoms with Gasteiger partial charge in [0.1, 0.15) is 0 Å². The predicted molar refractivity (Wildman–Crippen MR) is 70.2 cm³/mol. The molecule has 0 bridgehead atoms. The van der Waals surface area contributed by atoms with Gasteiger partial charge in [-0.3, -0.25) is 0 Å². The van der Waals surface area contributed by atoms with Crippen LogP contribution in [-0.4, -0.2) is 9.55 Å². The fourth-order valence-electron chi connectivity index (χ4n) is 1.93. The summed E-state index contributed by atoms with van der Waals surface area (Å²) >= 11 is 0. The van der Waals surface area contributed by atoms with Gasteiger partial charge in [-0.05, 0) is 30.5 Å². The molecule has 17 heavy (non-hydrogen) atoms. The molecule has 0 amide bonds. The van der Waals surface area contributed by atoms with Gasteiger partial charge in [-0.15, -0.1) is 0 Å². The molecule has 3 heteroatoms. The Morgan fingerprint density at radius 1 is 1.35 bits per heavy atom. The second-order valence-corrected chi connectivity index (χ2v) is 4.23. The van der Waals surface area contributed by atoms with Crippen molar-refractivity contribution in [2.24, 2.45) is 5.73 Å². The van der Waals surface area contributed by atoms with E-state index in [9.17, 15) is 0 Å². The van der Waals surface area contributed by atoms with Crippen molar-refractivity contribution < 1.29 is 0 Å². The zero-order valence-electron chi connectivity index (χ0n) is 10.4. The van der Waals surface area contributed by atoms with Gasteiger partial charge in [0.2, 0.25) is 0 Å². The second kappa shape index (κ2) is 5.15. The van der Waals surface area contributed by atoms with E-state index in [2.05, 4.69) is 47.7 Å². The molecule has 1 heterocycles. The Hall–Kier alpha value is -1.61. The normalized spacial score (nSPS) is 12.6. The topological polar surface area (TPSA) is 43.8 Å². The van der Waals surface area contributed by atoms with Crippen molar-refractivity contribution in [3.63, 3.8) is 0 Å². The summed E-state index contributed by atoms with van der Waals surface area (Å²) in [6.07, 6.45) is 5.64. The minimum absolute atomic E-state index is 0.0442. The highest BCUT2D eigenvalue weighted by atomic mass is 15.1. The number of hydrogen-bond acceptors (Lipinski definition) is 2. The van der Waals surface area contributed by atoms with Crippen LogP contribution < -0.4 is 5.73 Å². The first-order valence-corrected chi connectivity index (χ1v) is 6.13. The number of benzene rings is 1. The van der Waals surface area contributed by atoms with Gasteiger partial charge in [0, 0.05) is 11.7 Å². The molecule has 2 rings (SSSR count). The van der Waals surface area contributed by atoms with E-state index in [1.54, 1.807) is 0 Å². The summed E-state index contributed by atoms with van der Waals surface area (Å²) in [5, 5.41) is 0. The van der Waals surface area contributed by atoms with Crippen LogP contribution in [0.25, 0.3) is 5.69 Å². The van der Waals surface area contributed by atoms with Crippen LogP contribution in [-0.2, 0) is 6.42 Å². The van der Waals surface area contributed by atoms with E-state index >= 15 is 0 Å². The summed E-state index contributed by atoms with van der Waals surface area (Å²) in [6, 6.07) is 8.54. The summed E-state index contributed by atoms with van der Waals surface area (Å²) in [4.78, 5) is 4.21. The van der Waals surface area contributed by atoms with Crippen LogP contribution in [0.15, 0.2) is 36.8 Å². The summed E-state index contributed by atoms with van der Waals surface area (Å²) in [7, 11) is 0. The molecule has 0 aliphatic rings. The summed E-state index contributed by atoms with van der Waals surface area (Å²) in [5.74, 6) is 0. The lowest BCUT2D eigenvalue weighted by molar-refractivity contribution is 0.659. The molecule has 1 atom stereocenters. The Balaban J connectivity index is 2.42. The summed E-state index contributed by atoms with van der Waals surface area (Å²) in [6.45, 7) is 4.25. The third-order valence-corrected chi connectivity index (χ3v) is 3.08. The average Bonchev–Trinajstić information content (AvgIpc) is 2.87. The van der Waals surface area contributed by atoms with E-state index in [1.807, 2.05) is 12.5 Å². The molecule has 0 unspecified atom stereocenters. The Morgan fingerprint density at radius 3 is 2.88 bits per heavy atom. The van der Waals surface area contributed by atoms with Crippen molar-refractivity contribution in [3.8, 4) is 5.69 Å². The zero-order valence-corrected chi connectivity index (χ0v) is 10.4. The van der Waals surface area contributed by atoms with E-state index < -0.39 is 0 Å². The Bertz CT molecular complexity index is 488. The Kier molecular flexibility index (Phi) is 3.59. The second-order valence-electron chi connectivity index (χ2n) is 4.23. The van der Waals surface area contributed by atoms with Crippen LogP contribution in [0.1, 0.15) is 37.6 Å². The fourth-order valence-corrected chi connectivity index (χ4v) is 1.93. The van der Waals surface area contributed by atoms with E-state index in [0.717, 1.165) is 24.2 Å². The molecular weight excluding hydrogens is 210 g/mol. The molecular formula is C14H19N3. The van der Waals surface area contributed by atoms with Crippen molar-refractivity contribution in [2.75, 3.05) is 0 Å². The first-order valence-electron chi connectivity index (χ1n) is 6.13. The van der Waals surface area contributed by atoms with Crippen molar-refractivity contribution in [1.29, 1.82) is 0 Å². The molecule has 0 fully saturated rings. The van der Waals surface area contributed by atoms with E-state index in [1.165, 1.54) is 5.56 Å². The maximum atomic E-state index is 6.09. The highest BCUT2D eigenvalue weighted by molar-refractivity contribution is 5.37. The largest absolute Gasteiger partial charge is 0.323 e. The molecule has 0 saturated heterocycles. The van der Waals surface area contributed by atoms with Gasteiger partial charge < -0.3 is 10.3 Å². The van der Waals surface area contributed by atoms with Gasteiger partial charge in [0.05, 0.1) is 18.2 Å². The molecule has 0 spiro atoms. The molecule has 0 aliphatic heterocycles. The standard InChI is InChI=1S/C14H19N3/c1-3-11-6-5-7-12(8-11)17-10-16-9-14(17)13(15)4-2/h5-10,13H,3-4,15H2,1-2H3/t13-/m1/s1. The van der Waals surface area contributed by atoms with Crippen molar-refractivity contribution in [2.45, 2.75) is 32.7 Å². The van der Waals surface area contributed by atoms with Gasteiger partial charge in [0.25, 0.3) is 0 Å². The van der Waals surface area contributed by atoms with Gasteiger partial charge in [-0.2, -0.15) is 0 Å². The van der Waals surface area contributed by atoms with Crippen LogP contribution in [0, 0.1) is 0 Å². The summed E-state index contributed by atoms with van der Waals surface area (Å²) in [5.41, 5.74) is 9.62. The van der Waals surface area contributed by atoms with Crippen LogP contribution in [0.4, 0.5) is 0 Å². The van der Waals surface area contributed by atoms with Gasteiger partial charge >= 0.3 is 0 Å². The van der Waals surface area contributed by atoms with Crippen LogP contribution in [0.5, 0.6) is 0 Å². The summed E-state index contributed by atoms with van der Waals surface area (Å²) < 4.78 is 2.08. The minimum Gasteiger partial charge on any atom is -0.323 e. The number of nitrogens with zero attached hydrogens (tertiary/aromatic N) is 2. The van der Waals surface area contributed by atoms with Crippen molar-refractivity contribution in [3.05, 3.63) is 48.0 Å². The molecule has 2 N–H and O–H groups in total. The molecule has 0 radical (unpaired) electrons. The van der Waals surface area contributed by atoms with E-state index in [0.29, 0.717) is 0 Å². The lowest BCUT2D eigenvalue weighted by Gasteiger charge is -2.13. The first-order chi connectivity index (χ1) is 8.26. The Morgan fingerprint density at radius 2 is 2.18 bits per heavy atom. The predicted octanol–water partition coefficient (Wildman–Crippen LogP) is 2.84. The van der Waals surface area contributed by atoms with E-state index in [4.69, 9.17) is 5.73 Å². The van der Waals surface area contributed by atoms with Gasteiger partial charge in [-0.25, -0.2) is 4.98 Å². The number of nitrogens with two attached hydrogens (primary N) is 1. The van der Waals surface area contributed by atoms with Crippen molar-refractivity contribution >= 4 is 0 Å². The first kappa shape index (κ1) is 11.9. The van der Waals surface area contributed by atoms with Crippen LogP contribution in [0.3, 0.4) is 0 Å². The number of imidazole rings is 1. The zero-order chi connectivity index (χ0) is 12.3. The molecule has 3 nitrogen and oxygen atoms in total. The number of aryl methyl sites for hydroxylation is 1. The minimum atomic E-state index is 0.0442. The molecule has 2 aromatic rings. The number of rotatable bonds is 4.